The molecule has 20 heavy (non-hydrogen) atoms. The van der Waals surface area contributed by atoms with Crippen molar-refractivity contribution in [3.63, 3.8) is 0 Å². The van der Waals surface area contributed by atoms with Crippen LogP contribution in [0.25, 0.3) is 0 Å². The molecule has 1 N–H and O–H groups in total. The lowest BCUT2D eigenvalue weighted by molar-refractivity contribution is -0.386. The van der Waals surface area contributed by atoms with Crippen LogP contribution >= 0.6 is 0 Å². The summed E-state index contributed by atoms with van der Waals surface area (Å²) in [5.41, 5.74) is -0.732. The molecule has 6 heteroatoms. The zero-order valence-corrected chi connectivity index (χ0v) is 11.4. The van der Waals surface area contributed by atoms with Crippen LogP contribution < -0.4 is 5.32 Å². The maximum absolute atomic E-state index is 13.6. The molecule has 0 amide bonds. The van der Waals surface area contributed by atoms with E-state index >= 15 is 0 Å². The Balaban J connectivity index is 2.30. The number of hydrogen-bond acceptors (Lipinski definition) is 3. The van der Waals surface area contributed by atoms with Gasteiger partial charge in [0, 0.05) is 18.2 Å². The molecule has 1 fully saturated rings. The lowest BCUT2D eigenvalue weighted by Crippen LogP contribution is -2.32. The summed E-state index contributed by atoms with van der Waals surface area (Å²) in [7, 11) is 0. The number of anilines is 1. The molecule has 1 aromatic rings. The van der Waals surface area contributed by atoms with Gasteiger partial charge in [-0.25, -0.2) is 4.39 Å². The summed E-state index contributed by atoms with van der Waals surface area (Å²) in [6, 6.07) is 1.58. The Morgan fingerprint density at radius 3 is 2.70 bits per heavy atom. The molecule has 0 aliphatic heterocycles. The maximum atomic E-state index is 13.6. The lowest BCUT2D eigenvalue weighted by atomic mass is 9.83. The predicted molar refractivity (Wildman–Crippen MR) is 72.7 cm³/mol. The van der Waals surface area contributed by atoms with Crippen molar-refractivity contribution < 1.29 is 13.7 Å². The van der Waals surface area contributed by atoms with Gasteiger partial charge in [0.1, 0.15) is 11.5 Å². The zero-order chi connectivity index (χ0) is 14.7. The first-order valence-electron chi connectivity index (χ1n) is 6.93. The summed E-state index contributed by atoms with van der Waals surface area (Å²) in [5.74, 6) is -1.56. The quantitative estimate of drug-likeness (QED) is 0.664. The highest BCUT2D eigenvalue weighted by molar-refractivity contribution is 5.62. The highest BCUT2D eigenvalue weighted by Crippen LogP contribution is 2.34. The number of nitro groups is 1. The van der Waals surface area contributed by atoms with Crippen LogP contribution in [0.15, 0.2) is 12.1 Å². The van der Waals surface area contributed by atoms with Gasteiger partial charge in [-0.1, -0.05) is 26.2 Å². The third kappa shape index (κ3) is 3.05. The third-order valence-corrected chi connectivity index (χ3v) is 3.99. The van der Waals surface area contributed by atoms with E-state index in [4.69, 9.17) is 0 Å². The standard InChI is InChI=1S/C14H18F2N2O2/c1-2-9-5-3-4-6-12(9)17-13-8-10(15)7-11(16)14(13)18(19)20/h7-9,12,17H,2-6H2,1H3. The Bertz CT molecular complexity index is 508. The van der Waals surface area contributed by atoms with E-state index in [0.29, 0.717) is 12.0 Å². The van der Waals surface area contributed by atoms with Gasteiger partial charge in [-0.3, -0.25) is 10.1 Å². The first kappa shape index (κ1) is 14.7. The van der Waals surface area contributed by atoms with Crippen molar-refractivity contribution in [2.45, 2.75) is 45.1 Å². The highest BCUT2D eigenvalue weighted by Gasteiger charge is 2.28. The van der Waals surface area contributed by atoms with Crippen LogP contribution in [-0.2, 0) is 0 Å². The molecule has 2 atom stereocenters. The Hall–Kier alpha value is -1.72. The van der Waals surface area contributed by atoms with Crippen molar-refractivity contribution in [1.82, 2.24) is 0 Å². The fraction of sp³-hybridized carbons (Fsp3) is 0.571. The van der Waals surface area contributed by atoms with Gasteiger partial charge in [0.15, 0.2) is 0 Å². The summed E-state index contributed by atoms with van der Waals surface area (Å²) in [4.78, 5) is 10.1. The molecular formula is C14H18F2N2O2. The smallest absolute Gasteiger partial charge is 0.327 e. The van der Waals surface area contributed by atoms with Crippen LogP contribution in [0.1, 0.15) is 39.0 Å². The average Bonchev–Trinajstić information content (AvgIpc) is 2.38. The molecule has 0 heterocycles. The summed E-state index contributed by atoms with van der Waals surface area (Å²) in [6.07, 6.45) is 5.02. The van der Waals surface area contributed by atoms with Crippen LogP contribution in [0, 0.1) is 27.7 Å². The van der Waals surface area contributed by atoms with E-state index in [1.165, 1.54) is 0 Å². The van der Waals surface area contributed by atoms with Crippen molar-refractivity contribution in [3.05, 3.63) is 33.9 Å². The fourth-order valence-electron chi connectivity index (χ4n) is 2.95. The normalized spacial score (nSPS) is 22.6. The van der Waals surface area contributed by atoms with E-state index in [-0.39, 0.29) is 11.7 Å². The molecule has 110 valence electrons. The Morgan fingerprint density at radius 2 is 2.05 bits per heavy atom. The molecule has 0 bridgehead atoms. The van der Waals surface area contributed by atoms with E-state index in [1.54, 1.807) is 0 Å². The van der Waals surface area contributed by atoms with Crippen molar-refractivity contribution >= 4 is 11.4 Å². The molecule has 0 radical (unpaired) electrons. The second-order valence-electron chi connectivity index (χ2n) is 5.24. The van der Waals surface area contributed by atoms with E-state index in [0.717, 1.165) is 38.2 Å². The van der Waals surface area contributed by atoms with Crippen molar-refractivity contribution in [2.75, 3.05) is 5.32 Å². The third-order valence-electron chi connectivity index (χ3n) is 3.99. The highest BCUT2D eigenvalue weighted by atomic mass is 19.1. The van der Waals surface area contributed by atoms with Crippen molar-refractivity contribution in [2.24, 2.45) is 5.92 Å². The van der Waals surface area contributed by atoms with Crippen LogP contribution in [0.3, 0.4) is 0 Å². The second kappa shape index (κ2) is 6.15. The van der Waals surface area contributed by atoms with Crippen LogP contribution in [0.4, 0.5) is 20.2 Å². The van der Waals surface area contributed by atoms with Gasteiger partial charge >= 0.3 is 5.69 Å². The molecule has 0 aromatic heterocycles. The van der Waals surface area contributed by atoms with Crippen LogP contribution in [-0.4, -0.2) is 11.0 Å². The summed E-state index contributed by atoms with van der Waals surface area (Å²) in [5, 5.41) is 13.9. The van der Waals surface area contributed by atoms with E-state index < -0.39 is 22.2 Å². The molecule has 1 aromatic carbocycles. The number of nitrogens with zero attached hydrogens (tertiary/aromatic N) is 1. The molecule has 2 unspecified atom stereocenters. The van der Waals surface area contributed by atoms with Gasteiger partial charge in [0.25, 0.3) is 0 Å². The number of benzene rings is 1. The average molecular weight is 284 g/mol. The minimum Gasteiger partial charge on any atom is -0.376 e. The first-order valence-corrected chi connectivity index (χ1v) is 6.93. The summed E-state index contributed by atoms with van der Waals surface area (Å²) < 4.78 is 26.9. The molecule has 0 saturated heterocycles. The molecule has 2 rings (SSSR count). The fourth-order valence-corrected chi connectivity index (χ4v) is 2.95. The number of rotatable bonds is 4. The van der Waals surface area contributed by atoms with Crippen molar-refractivity contribution in [3.8, 4) is 0 Å². The van der Waals surface area contributed by atoms with Crippen LogP contribution in [0.2, 0.25) is 0 Å². The predicted octanol–water partition coefficient (Wildman–Crippen LogP) is 4.25. The molecule has 4 nitrogen and oxygen atoms in total. The largest absolute Gasteiger partial charge is 0.376 e. The molecule has 1 aliphatic carbocycles. The number of halogens is 2. The topological polar surface area (TPSA) is 55.2 Å². The molecular weight excluding hydrogens is 266 g/mol. The molecule has 0 spiro atoms. The first-order chi connectivity index (χ1) is 9.52. The Labute approximate surface area is 116 Å². The van der Waals surface area contributed by atoms with Gasteiger partial charge < -0.3 is 5.32 Å². The number of nitro benzene ring substituents is 1. The van der Waals surface area contributed by atoms with Gasteiger partial charge in [0.05, 0.1) is 4.92 Å². The lowest BCUT2D eigenvalue weighted by Gasteiger charge is -2.32. The van der Waals surface area contributed by atoms with Crippen LogP contribution in [0.5, 0.6) is 0 Å². The Kier molecular flexibility index (Phi) is 4.52. The van der Waals surface area contributed by atoms with E-state index in [9.17, 15) is 18.9 Å². The molecule has 1 aliphatic rings. The minimum absolute atomic E-state index is 0.0358. The summed E-state index contributed by atoms with van der Waals surface area (Å²) >= 11 is 0. The maximum Gasteiger partial charge on any atom is 0.327 e. The monoisotopic (exact) mass is 284 g/mol. The van der Waals surface area contributed by atoms with Gasteiger partial charge in [0.2, 0.25) is 5.82 Å². The number of nitrogens with one attached hydrogen (secondary N) is 1. The van der Waals surface area contributed by atoms with Gasteiger partial charge in [-0.05, 0) is 18.8 Å². The molecule has 1 saturated carbocycles. The van der Waals surface area contributed by atoms with E-state index in [1.807, 2.05) is 0 Å². The van der Waals surface area contributed by atoms with Gasteiger partial charge in [-0.15, -0.1) is 0 Å². The van der Waals surface area contributed by atoms with Crippen molar-refractivity contribution in [1.29, 1.82) is 0 Å². The second-order valence-corrected chi connectivity index (χ2v) is 5.24. The zero-order valence-electron chi connectivity index (χ0n) is 11.4. The van der Waals surface area contributed by atoms with Gasteiger partial charge in [-0.2, -0.15) is 4.39 Å². The summed E-state index contributed by atoms with van der Waals surface area (Å²) in [6.45, 7) is 2.06. The van der Waals surface area contributed by atoms with E-state index in [2.05, 4.69) is 12.2 Å². The minimum atomic E-state index is -1.14. The Morgan fingerprint density at radius 1 is 1.35 bits per heavy atom. The SMILES string of the molecule is CCC1CCCCC1Nc1cc(F)cc(F)c1[N+](=O)[O-]. The number of hydrogen-bond donors (Lipinski definition) is 1.